The van der Waals surface area contributed by atoms with Crippen molar-refractivity contribution in [2.75, 3.05) is 33.4 Å². The lowest BCUT2D eigenvalue weighted by atomic mass is 9.96. The van der Waals surface area contributed by atoms with Crippen molar-refractivity contribution in [3.63, 3.8) is 0 Å². The van der Waals surface area contributed by atoms with Crippen LogP contribution in [0, 0.1) is 0 Å². The summed E-state index contributed by atoms with van der Waals surface area (Å²) in [5.74, 6) is 0.681. The molecule has 3 N–H and O–H groups in total. The van der Waals surface area contributed by atoms with Gasteiger partial charge in [0.25, 0.3) is 0 Å². The van der Waals surface area contributed by atoms with Crippen LogP contribution < -0.4 is 14.8 Å². The fourth-order valence-corrected chi connectivity index (χ4v) is 4.21. The second kappa shape index (κ2) is 12.5. The summed E-state index contributed by atoms with van der Waals surface area (Å²) in [4.78, 5) is 11.1. The number of aryl methyl sites for hydroxylation is 1. The molecule has 7 nitrogen and oxygen atoms in total. The quantitative estimate of drug-likeness (QED) is 0.353. The Labute approximate surface area is 211 Å². The van der Waals surface area contributed by atoms with E-state index in [1.54, 1.807) is 19.2 Å². The molecule has 0 aromatic heterocycles. The molecule has 0 saturated heterocycles. The first-order valence-electron chi connectivity index (χ1n) is 12.2. The van der Waals surface area contributed by atoms with Gasteiger partial charge in [-0.25, -0.2) is 4.79 Å². The summed E-state index contributed by atoms with van der Waals surface area (Å²) >= 11 is 0. The zero-order valence-electron chi connectivity index (χ0n) is 20.5. The lowest BCUT2D eigenvalue weighted by Gasteiger charge is -2.27. The predicted molar refractivity (Wildman–Crippen MR) is 138 cm³/mol. The minimum atomic E-state index is -0.927. The van der Waals surface area contributed by atoms with Crippen molar-refractivity contribution in [2.24, 2.45) is 0 Å². The number of fused-ring (bicyclic) bond motifs is 1. The summed E-state index contributed by atoms with van der Waals surface area (Å²) in [5.41, 5.74) is 4.63. The molecular weight excluding hydrogens is 458 g/mol. The van der Waals surface area contributed by atoms with Gasteiger partial charge >= 0.3 is 5.97 Å². The van der Waals surface area contributed by atoms with Gasteiger partial charge in [-0.15, -0.1) is 0 Å². The van der Waals surface area contributed by atoms with Crippen LogP contribution >= 0.6 is 0 Å². The molecule has 1 aliphatic rings. The lowest BCUT2D eigenvalue weighted by molar-refractivity contribution is 0.0697. The summed E-state index contributed by atoms with van der Waals surface area (Å²) in [7, 11) is 1.69. The normalized spacial score (nSPS) is 15.6. The van der Waals surface area contributed by atoms with E-state index in [1.165, 1.54) is 5.56 Å². The van der Waals surface area contributed by atoms with E-state index >= 15 is 0 Å². The molecule has 3 aromatic rings. The zero-order valence-corrected chi connectivity index (χ0v) is 20.5. The van der Waals surface area contributed by atoms with Crippen molar-refractivity contribution in [1.29, 1.82) is 0 Å². The highest BCUT2D eigenvalue weighted by molar-refractivity contribution is 5.88. The van der Waals surface area contributed by atoms with Gasteiger partial charge in [0.1, 0.15) is 30.3 Å². The van der Waals surface area contributed by atoms with Crippen molar-refractivity contribution in [2.45, 2.75) is 31.5 Å². The highest BCUT2D eigenvalue weighted by Crippen LogP contribution is 2.32. The number of carboxylic acids is 1. The van der Waals surface area contributed by atoms with E-state index in [-0.39, 0.29) is 18.3 Å². The minimum absolute atomic E-state index is 0.0333. The number of methoxy groups -OCH3 is 1. The van der Waals surface area contributed by atoms with Gasteiger partial charge in [0.05, 0.1) is 12.2 Å². The summed E-state index contributed by atoms with van der Waals surface area (Å²) < 4.78 is 17.0. The summed E-state index contributed by atoms with van der Waals surface area (Å²) in [6, 6.07) is 20.8. The third kappa shape index (κ3) is 7.07. The maximum atomic E-state index is 11.1. The van der Waals surface area contributed by atoms with Crippen molar-refractivity contribution in [3.05, 3.63) is 83.4 Å². The Balaban J connectivity index is 1.20. The topological polar surface area (TPSA) is 97.2 Å². The van der Waals surface area contributed by atoms with Gasteiger partial charge < -0.3 is 29.7 Å². The highest BCUT2D eigenvalue weighted by Gasteiger charge is 2.20. The van der Waals surface area contributed by atoms with Crippen LogP contribution in [-0.4, -0.2) is 61.8 Å². The van der Waals surface area contributed by atoms with Crippen LogP contribution in [0.5, 0.6) is 11.5 Å². The standard InChI is InChI=1S/C29H33NO6/c1-34-15-14-20-2-10-26(11-3-20)35-19-25(31)17-30-18-27-12-8-24-16-23(9-13-28(24)36-27)21-4-6-22(7-5-21)29(32)33/h2-7,9-11,13,16,25,27,30-31H,8,12,14-15,17-19H2,1H3,(H,32,33). The maximum absolute atomic E-state index is 11.1. The Bertz CT molecular complexity index is 1130. The van der Waals surface area contributed by atoms with Gasteiger partial charge in [-0.3, -0.25) is 0 Å². The van der Waals surface area contributed by atoms with E-state index in [9.17, 15) is 9.90 Å². The molecule has 1 aliphatic heterocycles. The number of carbonyl (C=O) groups is 1. The molecule has 0 aliphatic carbocycles. The molecule has 190 valence electrons. The van der Waals surface area contributed by atoms with Crippen LogP contribution in [0.1, 0.15) is 27.9 Å². The number of aliphatic hydroxyl groups excluding tert-OH is 1. The first kappa shape index (κ1) is 25.7. The van der Waals surface area contributed by atoms with Crippen molar-refractivity contribution in [1.82, 2.24) is 5.32 Å². The smallest absolute Gasteiger partial charge is 0.335 e. The number of rotatable bonds is 12. The molecule has 0 bridgehead atoms. The number of ether oxygens (including phenoxy) is 3. The fraction of sp³-hybridized carbons (Fsp3) is 0.345. The number of hydrogen-bond acceptors (Lipinski definition) is 6. The number of hydrogen-bond donors (Lipinski definition) is 3. The Hall–Kier alpha value is -3.39. The molecule has 0 radical (unpaired) electrons. The number of aromatic carboxylic acids is 1. The van der Waals surface area contributed by atoms with Gasteiger partial charge in [0.2, 0.25) is 0 Å². The Kier molecular flexibility index (Phi) is 8.95. The molecule has 2 atom stereocenters. The first-order chi connectivity index (χ1) is 17.5. The van der Waals surface area contributed by atoms with Crippen LogP contribution in [0.25, 0.3) is 11.1 Å². The fourth-order valence-electron chi connectivity index (χ4n) is 4.21. The number of aliphatic hydroxyl groups is 1. The van der Waals surface area contributed by atoms with Crippen LogP contribution in [-0.2, 0) is 17.6 Å². The first-order valence-corrected chi connectivity index (χ1v) is 12.2. The van der Waals surface area contributed by atoms with E-state index in [1.807, 2.05) is 48.5 Å². The second-order valence-corrected chi connectivity index (χ2v) is 8.99. The molecule has 0 saturated carbocycles. The average molecular weight is 492 g/mol. The Morgan fingerprint density at radius 2 is 1.83 bits per heavy atom. The van der Waals surface area contributed by atoms with Gasteiger partial charge in [0, 0.05) is 20.2 Å². The van der Waals surface area contributed by atoms with Crippen molar-refractivity contribution < 1.29 is 29.2 Å². The van der Waals surface area contributed by atoms with Gasteiger partial charge in [-0.1, -0.05) is 30.3 Å². The summed E-state index contributed by atoms with van der Waals surface area (Å²) in [6.07, 6.45) is 2.05. The van der Waals surface area contributed by atoms with Gasteiger partial charge in [-0.05, 0) is 77.9 Å². The van der Waals surface area contributed by atoms with Crippen LogP contribution in [0.4, 0.5) is 0 Å². The molecule has 36 heavy (non-hydrogen) atoms. The largest absolute Gasteiger partial charge is 0.491 e. The van der Waals surface area contributed by atoms with E-state index < -0.39 is 12.1 Å². The Morgan fingerprint density at radius 1 is 1.08 bits per heavy atom. The molecule has 2 unspecified atom stereocenters. The van der Waals surface area contributed by atoms with E-state index in [0.717, 1.165) is 47.5 Å². The highest BCUT2D eigenvalue weighted by atomic mass is 16.5. The molecule has 3 aromatic carbocycles. The summed E-state index contributed by atoms with van der Waals surface area (Å²) in [5, 5.41) is 22.6. The van der Waals surface area contributed by atoms with Crippen molar-refractivity contribution >= 4 is 5.97 Å². The number of carboxylic acid groups (broad SMARTS) is 1. The molecular formula is C29H33NO6. The number of nitrogens with one attached hydrogen (secondary N) is 1. The molecule has 0 spiro atoms. The summed E-state index contributed by atoms with van der Waals surface area (Å²) in [6.45, 7) is 1.97. The zero-order chi connectivity index (χ0) is 25.3. The van der Waals surface area contributed by atoms with E-state index in [0.29, 0.717) is 19.7 Å². The van der Waals surface area contributed by atoms with Crippen LogP contribution in [0.3, 0.4) is 0 Å². The van der Waals surface area contributed by atoms with Gasteiger partial charge in [0.15, 0.2) is 0 Å². The molecule has 7 heteroatoms. The molecule has 0 amide bonds. The lowest BCUT2D eigenvalue weighted by Crippen LogP contribution is -2.39. The van der Waals surface area contributed by atoms with Crippen molar-refractivity contribution in [3.8, 4) is 22.6 Å². The Morgan fingerprint density at radius 3 is 2.56 bits per heavy atom. The van der Waals surface area contributed by atoms with E-state index in [2.05, 4.69) is 11.4 Å². The monoisotopic (exact) mass is 491 g/mol. The van der Waals surface area contributed by atoms with Crippen LogP contribution in [0.15, 0.2) is 66.7 Å². The average Bonchev–Trinajstić information content (AvgIpc) is 2.91. The molecule has 4 rings (SSSR count). The molecule has 0 fully saturated rings. The number of benzene rings is 3. The SMILES string of the molecule is COCCc1ccc(OCC(O)CNCC2CCc3cc(-c4ccc(C(=O)O)cc4)ccc3O2)cc1. The van der Waals surface area contributed by atoms with Gasteiger partial charge in [-0.2, -0.15) is 0 Å². The molecule has 1 heterocycles. The van der Waals surface area contributed by atoms with Crippen LogP contribution in [0.2, 0.25) is 0 Å². The van der Waals surface area contributed by atoms with E-state index in [4.69, 9.17) is 19.3 Å². The third-order valence-corrected chi connectivity index (χ3v) is 6.27. The third-order valence-electron chi connectivity index (χ3n) is 6.27. The maximum Gasteiger partial charge on any atom is 0.335 e. The minimum Gasteiger partial charge on any atom is -0.491 e. The second-order valence-electron chi connectivity index (χ2n) is 8.99. The predicted octanol–water partition coefficient (Wildman–Crippen LogP) is 3.96.